The zero-order chi connectivity index (χ0) is 19.5. The molecule has 0 bridgehead atoms. The van der Waals surface area contributed by atoms with Crippen LogP contribution in [0.1, 0.15) is 40.4 Å². The number of hydrogen-bond donors (Lipinski definition) is 1. The summed E-state index contributed by atoms with van der Waals surface area (Å²) in [4.78, 5) is 13.5. The summed E-state index contributed by atoms with van der Waals surface area (Å²) in [6, 6.07) is 22.5. The van der Waals surface area contributed by atoms with Gasteiger partial charge in [0.05, 0.1) is 6.61 Å². The Morgan fingerprint density at radius 1 is 0.929 bits per heavy atom. The van der Waals surface area contributed by atoms with Crippen LogP contribution in [0.25, 0.3) is 11.1 Å². The number of carbonyl (C=O) groups excluding carboxylic acids is 1. The molecule has 0 heterocycles. The van der Waals surface area contributed by atoms with E-state index in [0.29, 0.717) is 12.2 Å². The predicted octanol–water partition coefficient (Wildman–Crippen LogP) is 5.53. The first-order chi connectivity index (χ1) is 13.7. The van der Waals surface area contributed by atoms with Crippen molar-refractivity contribution in [2.75, 3.05) is 6.61 Å². The van der Waals surface area contributed by atoms with Crippen LogP contribution in [0, 0.1) is 0 Å². The standard InChI is InChI=1S/C25H22O3/c1-2-28-21-14-9-18(10-15-21)23-16-11-17-5-3-4-6-22(17)24(23)25(27)19-7-12-20(26)13-8-19/h3-10,12-15,26H,2,11,16H2,1H3. The molecule has 140 valence electrons. The smallest absolute Gasteiger partial charge is 0.193 e. The summed E-state index contributed by atoms with van der Waals surface area (Å²) in [7, 11) is 0. The van der Waals surface area contributed by atoms with Crippen LogP contribution in [0.2, 0.25) is 0 Å². The fraction of sp³-hybridized carbons (Fsp3) is 0.160. The van der Waals surface area contributed by atoms with E-state index in [1.807, 2.05) is 49.4 Å². The summed E-state index contributed by atoms with van der Waals surface area (Å²) in [5.41, 5.74) is 5.61. The number of rotatable bonds is 5. The molecule has 3 nitrogen and oxygen atoms in total. The Hall–Kier alpha value is -3.33. The molecular weight excluding hydrogens is 348 g/mol. The molecule has 0 amide bonds. The summed E-state index contributed by atoms with van der Waals surface area (Å²) in [5.74, 6) is 0.965. The summed E-state index contributed by atoms with van der Waals surface area (Å²) in [6.07, 6.45) is 1.72. The van der Waals surface area contributed by atoms with E-state index in [4.69, 9.17) is 4.74 Å². The van der Waals surface area contributed by atoms with Gasteiger partial charge in [0, 0.05) is 11.1 Å². The van der Waals surface area contributed by atoms with Gasteiger partial charge in [-0.05, 0) is 78.4 Å². The molecule has 0 aromatic heterocycles. The monoisotopic (exact) mass is 370 g/mol. The molecule has 0 fully saturated rings. The Balaban J connectivity index is 1.85. The molecule has 1 N–H and O–H groups in total. The van der Waals surface area contributed by atoms with Gasteiger partial charge in [-0.3, -0.25) is 4.79 Å². The van der Waals surface area contributed by atoms with Crippen molar-refractivity contribution in [3.05, 3.63) is 95.1 Å². The molecule has 0 spiro atoms. The van der Waals surface area contributed by atoms with Crippen LogP contribution in [0.15, 0.2) is 72.8 Å². The Kier molecular flexibility index (Phi) is 4.98. The largest absolute Gasteiger partial charge is 0.508 e. The first kappa shape index (κ1) is 18.1. The first-order valence-electron chi connectivity index (χ1n) is 9.55. The third kappa shape index (κ3) is 3.44. The van der Waals surface area contributed by atoms with Crippen LogP contribution in [0.4, 0.5) is 0 Å². The average Bonchev–Trinajstić information content (AvgIpc) is 2.74. The minimum absolute atomic E-state index is 0.0176. The SMILES string of the molecule is CCOc1ccc(C2=C(C(=O)c3ccc(O)cc3)c3ccccc3CC2)cc1. The van der Waals surface area contributed by atoms with Gasteiger partial charge in [0.1, 0.15) is 11.5 Å². The highest BCUT2D eigenvalue weighted by atomic mass is 16.5. The number of aromatic hydroxyl groups is 1. The second kappa shape index (κ2) is 7.73. The van der Waals surface area contributed by atoms with Gasteiger partial charge in [-0.2, -0.15) is 0 Å². The number of ketones is 1. The number of hydrogen-bond acceptors (Lipinski definition) is 3. The van der Waals surface area contributed by atoms with Crippen molar-refractivity contribution in [2.45, 2.75) is 19.8 Å². The number of fused-ring (bicyclic) bond motifs is 1. The van der Waals surface area contributed by atoms with Gasteiger partial charge in [0.15, 0.2) is 5.78 Å². The number of benzene rings is 3. The van der Waals surface area contributed by atoms with Crippen molar-refractivity contribution >= 4 is 16.9 Å². The van der Waals surface area contributed by atoms with E-state index in [1.54, 1.807) is 24.3 Å². The van der Waals surface area contributed by atoms with Crippen LogP contribution < -0.4 is 4.74 Å². The fourth-order valence-electron chi connectivity index (χ4n) is 3.75. The van der Waals surface area contributed by atoms with Crippen molar-refractivity contribution < 1.29 is 14.6 Å². The van der Waals surface area contributed by atoms with E-state index in [2.05, 4.69) is 6.07 Å². The third-order valence-electron chi connectivity index (χ3n) is 5.10. The topological polar surface area (TPSA) is 46.5 Å². The Morgan fingerprint density at radius 2 is 1.64 bits per heavy atom. The highest BCUT2D eigenvalue weighted by molar-refractivity contribution is 6.35. The molecule has 0 atom stereocenters. The van der Waals surface area contributed by atoms with Gasteiger partial charge in [0.2, 0.25) is 0 Å². The van der Waals surface area contributed by atoms with Gasteiger partial charge in [0.25, 0.3) is 0 Å². The van der Waals surface area contributed by atoms with Crippen molar-refractivity contribution in [2.24, 2.45) is 0 Å². The average molecular weight is 370 g/mol. The van der Waals surface area contributed by atoms with Gasteiger partial charge in [-0.15, -0.1) is 0 Å². The van der Waals surface area contributed by atoms with Crippen LogP contribution in [0.3, 0.4) is 0 Å². The number of aryl methyl sites for hydroxylation is 1. The van der Waals surface area contributed by atoms with Crippen LogP contribution >= 0.6 is 0 Å². The molecule has 0 saturated carbocycles. The van der Waals surface area contributed by atoms with Crippen LogP contribution in [0.5, 0.6) is 11.5 Å². The van der Waals surface area contributed by atoms with Crippen molar-refractivity contribution in [1.29, 1.82) is 0 Å². The number of allylic oxidation sites excluding steroid dienone is 2. The lowest BCUT2D eigenvalue weighted by Gasteiger charge is -2.23. The van der Waals surface area contributed by atoms with Gasteiger partial charge in [-0.1, -0.05) is 36.4 Å². The predicted molar refractivity (Wildman–Crippen MR) is 112 cm³/mol. The summed E-state index contributed by atoms with van der Waals surface area (Å²) in [5, 5.41) is 9.57. The maximum absolute atomic E-state index is 13.5. The highest BCUT2D eigenvalue weighted by Crippen LogP contribution is 2.39. The van der Waals surface area contributed by atoms with Crippen molar-refractivity contribution in [1.82, 2.24) is 0 Å². The molecule has 4 rings (SSSR count). The fourth-order valence-corrected chi connectivity index (χ4v) is 3.75. The number of phenols is 1. The van der Waals surface area contributed by atoms with Crippen LogP contribution in [-0.2, 0) is 6.42 Å². The maximum Gasteiger partial charge on any atom is 0.193 e. The molecule has 3 heteroatoms. The summed E-state index contributed by atoms with van der Waals surface area (Å²) in [6.45, 7) is 2.59. The Bertz CT molecular complexity index is 1030. The lowest BCUT2D eigenvalue weighted by atomic mass is 9.79. The minimum Gasteiger partial charge on any atom is -0.508 e. The molecule has 28 heavy (non-hydrogen) atoms. The summed E-state index contributed by atoms with van der Waals surface area (Å²) >= 11 is 0. The quantitative estimate of drug-likeness (QED) is 0.601. The maximum atomic E-state index is 13.5. The van der Waals surface area contributed by atoms with E-state index in [1.165, 1.54) is 5.56 Å². The number of Topliss-reactive ketones (excluding diaryl/α,β-unsaturated/α-hetero) is 1. The molecule has 0 aliphatic heterocycles. The van der Waals surface area contributed by atoms with Crippen molar-refractivity contribution in [3.63, 3.8) is 0 Å². The minimum atomic E-state index is -0.0176. The number of carbonyl (C=O) groups is 1. The normalized spacial score (nSPS) is 13.2. The lowest BCUT2D eigenvalue weighted by molar-refractivity contribution is 0.105. The van der Waals surface area contributed by atoms with E-state index in [-0.39, 0.29) is 11.5 Å². The zero-order valence-corrected chi connectivity index (χ0v) is 15.8. The van der Waals surface area contributed by atoms with E-state index < -0.39 is 0 Å². The molecule has 0 radical (unpaired) electrons. The van der Waals surface area contributed by atoms with Gasteiger partial charge < -0.3 is 9.84 Å². The van der Waals surface area contributed by atoms with E-state index in [9.17, 15) is 9.90 Å². The van der Waals surface area contributed by atoms with Crippen molar-refractivity contribution in [3.8, 4) is 11.5 Å². The van der Waals surface area contributed by atoms with E-state index >= 15 is 0 Å². The Morgan fingerprint density at radius 3 is 2.36 bits per heavy atom. The molecule has 3 aromatic carbocycles. The lowest BCUT2D eigenvalue weighted by Crippen LogP contribution is -2.12. The molecule has 3 aromatic rings. The second-order valence-electron chi connectivity index (χ2n) is 6.84. The molecule has 1 aliphatic rings. The molecule has 0 unspecified atom stereocenters. The number of ether oxygens (including phenoxy) is 1. The van der Waals surface area contributed by atoms with E-state index in [0.717, 1.165) is 40.9 Å². The highest BCUT2D eigenvalue weighted by Gasteiger charge is 2.25. The second-order valence-corrected chi connectivity index (χ2v) is 6.84. The molecule has 1 aliphatic carbocycles. The first-order valence-corrected chi connectivity index (χ1v) is 9.55. The summed E-state index contributed by atoms with van der Waals surface area (Å²) < 4.78 is 5.55. The van der Waals surface area contributed by atoms with Gasteiger partial charge in [-0.25, -0.2) is 0 Å². The third-order valence-corrected chi connectivity index (χ3v) is 5.10. The zero-order valence-electron chi connectivity index (χ0n) is 15.8. The molecule has 0 saturated heterocycles. The van der Waals surface area contributed by atoms with Gasteiger partial charge >= 0.3 is 0 Å². The van der Waals surface area contributed by atoms with Crippen LogP contribution in [-0.4, -0.2) is 17.5 Å². The molecular formula is C25H22O3. The number of phenolic OH excluding ortho intramolecular Hbond substituents is 1. The Labute approximate surface area is 164 Å².